The van der Waals surface area contributed by atoms with Crippen molar-refractivity contribution in [1.29, 1.82) is 0 Å². The molecule has 1 fully saturated rings. The average molecular weight is 525 g/mol. The SMILES string of the molecule is CCCCCCCCCCCCCC[C@@H](C)[C@@H](C)C(COC1OC(CNC(C)=O)C(C)C(C)C1C)NC. The molecule has 0 aliphatic carbocycles. The van der Waals surface area contributed by atoms with Gasteiger partial charge >= 0.3 is 0 Å². The van der Waals surface area contributed by atoms with Gasteiger partial charge in [-0.25, -0.2) is 0 Å². The fourth-order valence-corrected chi connectivity index (χ4v) is 5.82. The van der Waals surface area contributed by atoms with Crippen LogP contribution in [0.1, 0.15) is 132 Å². The van der Waals surface area contributed by atoms with Crippen molar-refractivity contribution in [3.63, 3.8) is 0 Å². The number of carbonyl (C=O) groups excluding carboxylic acids is 1. The molecule has 8 atom stereocenters. The quantitative estimate of drug-likeness (QED) is 0.151. The number of ether oxygens (including phenoxy) is 2. The molecular weight excluding hydrogens is 460 g/mol. The highest BCUT2D eigenvalue weighted by Crippen LogP contribution is 2.35. The fourth-order valence-electron chi connectivity index (χ4n) is 5.82. The van der Waals surface area contributed by atoms with Gasteiger partial charge in [0.2, 0.25) is 5.91 Å². The molecule has 1 heterocycles. The van der Waals surface area contributed by atoms with Gasteiger partial charge in [0.05, 0.1) is 12.7 Å². The number of rotatable bonds is 21. The summed E-state index contributed by atoms with van der Waals surface area (Å²) in [7, 11) is 2.05. The third kappa shape index (κ3) is 13.8. The van der Waals surface area contributed by atoms with E-state index in [1.807, 2.05) is 0 Å². The van der Waals surface area contributed by atoms with E-state index in [1.54, 1.807) is 6.92 Å². The Bertz CT molecular complexity index is 572. The summed E-state index contributed by atoms with van der Waals surface area (Å²) in [6.45, 7) is 16.6. The predicted octanol–water partition coefficient (Wildman–Crippen LogP) is 7.72. The van der Waals surface area contributed by atoms with Crippen LogP contribution in [0.2, 0.25) is 0 Å². The van der Waals surface area contributed by atoms with E-state index in [0.717, 1.165) is 0 Å². The average Bonchev–Trinajstić information content (AvgIpc) is 2.88. The summed E-state index contributed by atoms with van der Waals surface area (Å²) in [5.74, 6) is 2.40. The highest BCUT2D eigenvalue weighted by atomic mass is 16.7. The zero-order valence-corrected chi connectivity index (χ0v) is 26.0. The molecule has 0 spiro atoms. The summed E-state index contributed by atoms with van der Waals surface area (Å²) in [5.41, 5.74) is 0. The van der Waals surface area contributed by atoms with Crippen LogP contribution in [0, 0.1) is 29.6 Å². The lowest BCUT2D eigenvalue weighted by Gasteiger charge is -2.44. The van der Waals surface area contributed by atoms with E-state index < -0.39 is 0 Å². The van der Waals surface area contributed by atoms with Crippen molar-refractivity contribution in [3.05, 3.63) is 0 Å². The van der Waals surface area contributed by atoms with Gasteiger partial charge in [0.25, 0.3) is 0 Å². The monoisotopic (exact) mass is 524 g/mol. The topological polar surface area (TPSA) is 59.6 Å². The fraction of sp³-hybridized carbons (Fsp3) is 0.969. The molecule has 37 heavy (non-hydrogen) atoms. The number of likely N-dealkylation sites (N-methyl/N-ethyl adjacent to an activating group) is 1. The molecule has 5 heteroatoms. The molecule has 0 aromatic rings. The Morgan fingerprint density at radius 2 is 1.38 bits per heavy atom. The smallest absolute Gasteiger partial charge is 0.216 e. The van der Waals surface area contributed by atoms with E-state index in [-0.39, 0.29) is 18.3 Å². The summed E-state index contributed by atoms with van der Waals surface area (Å²) in [6, 6.07) is 0.312. The van der Waals surface area contributed by atoms with Crippen LogP contribution in [-0.4, -0.2) is 44.5 Å². The standard InChI is InChI=1S/C32H64N2O3/c1-9-10-11-12-13-14-15-16-17-18-19-20-21-24(2)25(3)30(33-8)23-36-32-28(6)26(4)27(5)31(37-32)22-34-29(7)35/h24-28,30-33H,9-23H2,1-8H3,(H,34,35)/t24-,25-,26?,27?,28?,30?,31?,32?/m1/s1. The van der Waals surface area contributed by atoms with Gasteiger partial charge in [0, 0.05) is 25.4 Å². The summed E-state index contributed by atoms with van der Waals surface area (Å²) >= 11 is 0. The second-order valence-electron chi connectivity index (χ2n) is 12.3. The zero-order valence-electron chi connectivity index (χ0n) is 26.0. The third-order valence-electron chi connectivity index (χ3n) is 9.39. The van der Waals surface area contributed by atoms with Crippen LogP contribution in [0.15, 0.2) is 0 Å². The van der Waals surface area contributed by atoms with Gasteiger partial charge < -0.3 is 20.1 Å². The molecule has 0 aromatic heterocycles. The largest absolute Gasteiger partial charge is 0.354 e. The second-order valence-corrected chi connectivity index (χ2v) is 12.3. The van der Waals surface area contributed by atoms with Gasteiger partial charge in [-0.1, -0.05) is 125 Å². The normalized spacial score (nSPS) is 26.5. The van der Waals surface area contributed by atoms with Crippen LogP contribution in [0.3, 0.4) is 0 Å². The summed E-state index contributed by atoms with van der Waals surface area (Å²) in [4.78, 5) is 11.4. The predicted molar refractivity (Wildman–Crippen MR) is 158 cm³/mol. The summed E-state index contributed by atoms with van der Waals surface area (Å²) < 4.78 is 12.7. The van der Waals surface area contributed by atoms with E-state index in [4.69, 9.17) is 9.47 Å². The molecular formula is C32H64N2O3. The summed E-state index contributed by atoms with van der Waals surface area (Å²) in [5, 5.41) is 6.45. The molecule has 1 saturated heterocycles. The molecule has 6 unspecified atom stereocenters. The number of unbranched alkanes of at least 4 members (excludes halogenated alkanes) is 11. The minimum absolute atomic E-state index is 0.00437. The van der Waals surface area contributed by atoms with Crippen LogP contribution < -0.4 is 10.6 Å². The van der Waals surface area contributed by atoms with Crippen molar-refractivity contribution in [1.82, 2.24) is 10.6 Å². The van der Waals surface area contributed by atoms with Crippen LogP contribution >= 0.6 is 0 Å². The van der Waals surface area contributed by atoms with Crippen molar-refractivity contribution in [2.75, 3.05) is 20.2 Å². The molecule has 1 aliphatic rings. The molecule has 5 nitrogen and oxygen atoms in total. The van der Waals surface area contributed by atoms with Crippen LogP contribution in [0.4, 0.5) is 0 Å². The van der Waals surface area contributed by atoms with Gasteiger partial charge in [0.15, 0.2) is 6.29 Å². The van der Waals surface area contributed by atoms with E-state index in [9.17, 15) is 4.79 Å². The Kier molecular flexibility index (Phi) is 18.8. The Morgan fingerprint density at radius 1 is 0.838 bits per heavy atom. The highest BCUT2D eigenvalue weighted by molar-refractivity contribution is 5.72. The van der Waals surface area contributed by atoms with Crippen molar-refractivity contribution in [2.45, 2.75) is 150 Å². The number of nitrogens with one attached hydrogen (secondary N) is 2. The number of hydrogen-bond donors (Lipinski definition) is 2. The van der Waals surface area contributed by atoms with E-state index in [2.05, 4.69) is 59.2 Å². The lowest BCUT2D eigenvalue weighted by atomic mass is 9.79. The van der Waals surface area contributed by atoms with E-state index in [0.29, 0.717) is 48.8 Å². The Hall–Kier alpha value is -0.650. The van der Waals surface area contributed by atoms with Gasteiger partial charge in [-0.05, 0) is 30.7 Å². The maximum atomic E-state index is 11.4. The van der Waals surface area contributed by atoms with Crippen molar-refractivity contribution < 1.29 is 14.3 Å². The second kappa shape index (κ2) is 20.3. The van der Waals surface area contributed by atoms with Gasteiger partial charge in [-0.15, -0.1) is 0 Å². The zero-order chi connectivity index (χ0) is 27.6. The molecule has 2 N–H and O–H groups in total. The van der Waals surface area contributed by atoms with Crippen LogP contribution in [-0.2, 0) is 14.3 Å². The molecule has 1 aliphatic heterocycles. The molecule has 0 saturated carbocycles. The first-order chi connectivity index (χ1) is 17.7. The molecule has 0 radical (unpaired) electrons. The number of hydrogen-bond acceptors (Lipinski definition) is 4. The number of amides is 1. The van der Waals surface area contributed by atoms with Gasteiger partial charge in [-0.3, -0.25) is 4.79 Å². The van der Waals surface area contributed by atoms with Crippen molar-refractivity contribution >= 4 is 5.91 Å². The molecule has 1 rings (SSSR count). The lowest BCUT2D eigenvalue weighted by Crippen LogP contribution is -2.51. The maximum absolute atomic E-state index is 11.4. The van der Waals surface area contributed by atoms with Crippen LogP contribution in [0.25, 0.3) is 0 Å². The maximum Gasteiger partial charge on any atom is 0.216 e. The summed E-state index contributed by atoms with van der Waals surface area (Å²) in [6.07, 6.45) is 17.9. The van der Waals surface area contributed by atoms with Crippen molar-refractivity contribution in [2.24, 2.45) is 29.6 Å². The lowest BCUT2D eigenvalue weighted by molar-refractivity contribution is -0.249. The van der Waals surface area contributed by atoms with Crippen molar-refractivity contribution in [3.8, 4) is 0 Å². The molecule has 0 aromatic carbocycles. The first-order valence-corrected chi connectivity index (χ1v) is 15.9. The molecule has 1 amide bonds. The molecule has 220 valence electrons. The van der Waals surface area contributed by atoms with Gasteiger partial charge in [-0.2, -0.15) is 0 Å². The third-order valence-corrected chi connectivity index (χ3v) is 9.39. The minimum atomic E-state index is -0.223. The minimum Gasteiger partial charge on any atom is -0.354 e. The molecule has 0 bridgehead atoms. The Balaban J connectivity index is 2.29. The van der Waals surface area contributed by atoms with Crippen LogP contribution in [0.5, 0.6) is 0 Å². The van der Waals surface area contributed by atoms with E-state index in [1.165, 1.54) is 83.5 Å². The van der Waals surface area contributed by atoms with Gasteiger partial charge in [0.1, 0.15) is 0 Å². The first-order valence-electron chi connectivity index (χ1n) is 15.9. The Labute approximate surface area is 231 Å². The Morgan fingerprint density at radius 3 is 1.89 bits per heavy atom. The highest BCUT2D eigenvalue weighted by Gasteiger charge is 2.40. The number of carbonyl (C=O) groups is 1. The van der Waals surface area contributed by atoms with E-state index >= 15 is 0 Å². The first kappa shape index (κ1) is 34.4.